The smallest absolute Gasteiger partial charge is 0.338 e. The summed E-state index contributed by atoms with van der Waals surface area (Å²) in [6, 6.07) is 0. The van der Waals surface area contributed by atoms with Gasteiger partial charge in [0, 0.05) is 6.42 Å². The van der Waals surface area contributed by atoms with Crippen molar-refractivity contribution in [3.63, 3.8) is 0 Å². The molecule has 0 N–H and O–H groups in total. The van der Waals surface area contributed by atoms with Gasteiger partial charge < -0.3 is 4.74 Å². The average molecular weight is 114 g/mol. The van der Waals surface area contributed by atoms with Crippen LogP contribution in [0.25, 0.3) is 0 Å². The number of rotatable bonds is 0. The van der Waals surface area contributed by atoms with Crippen LogP contribution in [0.3, 0.4) is 0 Å². The predicted octanol–water partition coefficient (Wildman–Crippen LogP) is -0.0633. The number of cyclic esters (lactones) is 1. The van der Waals surface area contributed by atoms with Crippen molar-refractivity contribution in [2.24, 2.45) is 0 Å². The van der Waals surface area contributed by atoms with E-state index in [-0.39, 0.29) is 0 Å². The summed E-state index contributed by atoms with van der Waals surface area (Å²) >= 11 is 0. The number of hydrogen-bond acceptors (Lipinski definition) is 2. The SMILES string of the molecule is [O]C1C[CH]COC1=O. The molecule has 1 unspecified atom stereocenters. The molecule has 3 nitrogen and oxygen atoms in total. The number of hydrogen-bond donors (Lipinski definition) is 0. The lowest BCUT2D eigenvalue weighted by molar-refractivity contribution is -0.160. The van der Waals surface area contributed by atoms with Gasteiger partial charge in [-0.3, -0.25) is 0 Å². The van der Waals surface area contributed by atoms with Crippen molar-refractivity contribution < 1.29 is 14.6 Å². The molecule has 3 heteroatoms. The molecule has 1 aliphatic heterocycles. The van der Waals surface area contributed by atoms with Crippen LogP contribution in [-0.2, 0) is 14.6 Å². The molecule has 0 spiro atoms. The van der Waals surface area contributed by atoms with Gasteiger partial charge >= 0.3 is 5.97 Å². The zero-order valence-electron chi connectivity index (χ0n) is 4.29. The third-order valence-corrected chi connectivity index (χ3v) is 0.987. The quantitative estimate of drug-likeness (QED) is 0.414. The van der Waals surface area contributed by atoms with Crippen LogP contribution in [0.5, 0.6) is 0 Å². The fraction of sp³-hybridized carbons (Fsp3) is 0.600. The minimum atomic E-state index is -1.16. The summed E-state index contributed by atoms with van der Waals surface area (Å²) in [5, 5.41) is 10.4. The molecule has 8 heavy (non-hydrogen) atoms. The lowest BCUT2D eigenvalue weighted by Crippen LogP contribution is -2.27. The van der Waals surface area contributed by atoms with Gasteiger partial charge in [-0.2, -0.15) is 0 Å². The maximum atomic E-state index is 10.4. The molecule has 0 aromatic rings. The average Bonchev–Trinajstić information content (AvgIpc) is 1.77. The van der Waals surface area contributed by atoms with Gasteiger partial charge in [0.15, 0.2) is 6.10 Å². The molecule has 1 aliphatic rings. The van der Waals surface area contributed by atoms with Crippen molar-refractivity contribution in [3.8, 4) is 0 Å². The van der Waals surface area contributed by atoms with Crippen LogP contribution in [0.4, 0.5) is 0 Å². The molecule has 0 aromatic heterocycles. The van der Waals surface area contributed by atoms with Crippen LogP contribution >= 0.6 is 0 Å². The Bertz CT molecular complexity index is 99.8. The lowest BCUT2D eigenvalue weighted by Gasteiger charge is -2.12. The molecule has 0 saturated carbocycles. The largest absolute Gasteiger partial charge is 0.463 e. The Labute approximate surface area is 47.3 Å². The summed E-state index contributed by atoms with van der Waals surface area (Å²) in [7, 11) is 0. The zero-order chi connectivity index (χ0) is 5.98. The van der Waals surface area contributed by atoms with Gasteiger partial charge in [0.25, 0.3) is 0 Å². The molecule has 1 saturated heterocycles. The second-order valence-corrected chi connectivity index (χ2v) is 1.64. The van der Waals surface area contributed by atoms with E-state index in [9.17, 15) is 9.90 Å². The van der Waals surface area contributed by atoms with Crippen molar-refractivity contribution in [1.82, 2.24) is 0 Å². The van der Waals surface area contributed by atoms with E-state index < -0.39 is 12.1 Å². The molecular formula is C5H6O3. The molecule has 1 fully saturated rings. The molecule has 2 radical (unpaired) electrons. The van der Waals surface area contributed by atoms with Gasteiger partial charge in [-0.25, -0.2) is 9.90 Å². The summed E-state index contributed by atoms with van der Waals surface area (Å²) < 4.78 is 4.38. The van der Waals surface area contributed by atoms with E-state index in [0.717, 1.165) is 0 Å². The van der Waals surface area contributed by atoms with E-state index in [1.54, 1.807) is 6.42 Å². The van der Waals surface area contributed by atoms with E-state index in [4.69, 9.17) is 0 Å². The molecule has 0 aromatic carbocycles. The topological polar surface area (TPSA) is 46.2 Å². The molecule has 0 amide bonds. The normalized spacial score (nSPS) is 29.6. The lowest BCUT2D eigenvalue weighted by atomic mass is 10.2. The van der Waals surface area contributed by atoms with Crippen molar-refractivity contribution in [1.29, 1.82) is 0 Å². The maximum absolute atomic E-state index is 10.4. The molecule has 1 heterocycles. The van der Waals surface area contributed by atoms with E-state index in [1.807, 2.05) is 0 Å². The Morgan fingerprint density at radius 2 is 2.50 bits per heavy atom. The Morgan fingerprint density at radius 1 is 1.75 bits per heavy atom. The molecular weight excluding hydrogens is 108 g/mol. The highest BCUT2D eigenvalue weighted by Gasteiger charge is 2.22. The first-order valence-electron chi connectivity index (χ1n) is 2.45. The highest BCUT2D eigenvalue weighted by molar-refractivity contribution is 5.75. The van der Waals surface area contributed by atoms with Crippen LogP contribution in [0.1, 0.15) is 6.42 Å². The van der Waals surface area contributed by atoms with Crippen LogP contribution in [-0.4, -0.2) is 18.7 Å². The van der Waals surface area contributed by atoms with E-state index in [1.165, 1.54) is 0 Å². The second-order valence-electron chi connectivity index (χ2n) is 1.64. The minimum absolute atomic E-state index is 0.303. The summed E-state index contributed by atoms with van der Waals surface area (Å²) in [4.78, 5) is 10.2. The van der Waals surface area contributed by atoms with Crippen molar-refractivity contribution in [2.75, 3.05) is 6.61 Å². The van der Waals surface area contributed by atoms with Gasteiger partial charge in [0.05, 0.1) is 6.61 Å². The van der Waals surface area contributed by atoms with Crippen molar-refractivity contribution in [3.05, 3.63) is 6.42 Å². The third kappa shape index (κ3) is 0.980. The molecule has 1 atom stereocenters. The van der Waals surface area contributed by atoms with Gasteiger partial charge in [0.1, 0.15) is 0 Å². The first-order valence-corrected chi connectivity index (χ1v) is 2.45. The van der Waals surface area contributed by atoms with Crippen LogP contribution in [0.2, 0.25) is 0 Å². The summed E-state index contributed by atoms with van der Waals surface area (Å²) in [6.45, 7) is 0.303. The van der Waals surface area contributed by atoms with Crippen LogP contribution in [0.15, 0.2) is 0 Å². The summed E-state index contributed by atoms with van der Waals surface area (Å²) in [5.41, 5.74) is 0. The van der Waals surface area contributed by atoms with Crippen molar-refractivity contribution in [2.45, 2.75) is 12.5 Å². The van der Waals surface area contributed by atoms with Gasteiger partial charge in [0.2, 0.25) is 0 Å². The molecule has 0 aliphatic carbocycles. The number of carbonyl (C=O) groups excluding carboxylic acids is 1. The molecule has 0 bridgehead atoms. The highest BCUT2D eigenvalue weighted by atomic mass is 16.5. The monoisotopic (exact) mass is 114 g/mol. The van der Waals surface area contributed by atoms with Gasteiger partial charge in [-0.05, 0) is 6.42 Å². The second kappa shape index (κ2) is 2.13. The van der Waals surface area contributed by atoms with Crippen LogP contribution < -0.4 is 0 Å². The first kappa shape index (κ1) is 5.56. The van der Waals surface area contributed by atoms with Gasteiger partial charge in [-0.15, -0.1) is 0 Å². The Kier molecular flexibility index (Phi) is 1.48. The third-order valence-electron chi connectivity index (χ3n) is 0.987. The Hall–Kier alpha value is -0.570. The zero-order valence-corrected chi connectivity index (χ0v) is 4.29. The number of esters is 1. The van der Waals surface area contributed by atoms with E-state index in [2.05, 4.69) is 4.74 Å². The predicted molar refractivity (Wildman–Crippen MR) is 24.4 cm³/mol. The minimum Gasteiger partial charge on any atom is -0.463 e. The number of ether oxygens (including phenoxy) is 1. The summed E-state index contributed by atoms with van der Waals surface area (Å²) in [6.07, 6.45) is 0.821. The van der Waals surface area contributed by atoms with E-state index in [0.29, 0.717) is 13.0 Å². The summed E-state index contributed by atoms with van der Waals surface area (Å²) in [5.74, 6) is -0.618. The highest BCUT2D eigenvalue weighted by Crippen LogP contribution is 2.05. The first-order chi connectivity index (χ1) is 3.80. The van der Waals surface area contributed by atoms with E-state index >= 15 is 0 Å². The maximum Gasteiger partial charge on any atom is 0.338 e. The Balaban J connectivity index is 2.39. The molecule has 44 valence electrons. The molecule has 1 rings (SSSR count). The fourth-order valence-electron chi connectivity index (χ4n) is 0.550. The van der Waals surface area contributed by atoms with Crippen molar-refractivity contribution >= 4 is 5.97 Å². The van der Waals surface area contributed by atoms with Crippen LogP contribution in [0, 0.1) is 6.42 Å². The number of carbonyl (C=O) groups is 1. The van der Waals surface area contributed by atoms with Gasteiger partial charge in [-0.1, -0.05) is 0 Å². The fourth-order valence-corrected chi connectivity index (χ4v) is 0.550. The standard InChI is InChI=1S/C5H6O3/c6-4-2-1-3-8-5(4)7/h1,4H,2-3H2. The Morgan fingerprint density at radius 3 is 2.88 bits per heavy atom.